The number of hydrogen-bond acceptors (Lipinski definition) is 4. The molecule has 2 aromatic carbocycles. The molecule has 0 spiro atoms. The zero-order chi connectivity index (χ0) is 22.7. The molecule has 1 aromatic heterocycles. The number of carbonyl (C=O) groups excluding carboxylic acids is 1. The second kappa shape index (κ2) is 12.1. The molecule has 0 bridgehead atoms. The van der Waals surface area contributed by atoms with Crippen LogP contribution >= 0.6 is 0 Å². The molecule has 3 aromatic rings. The van der Waals surface area contributed by atoms with Gasteiger partial charge in [0.05, 0.1) is 6.61 Å². The summed E-state index contributed by atoms with van der Waals surface area (Å²) in [5.41, 5.74) is 4.48. The minimum atomic E-state index is -0.0593. The number of ether oxygens (including phenoxy) is 1. The highest BCUT2D eigenvalue weighted by Gasteiger charge is 2.16. The zero-order valence-corrected chi connectivity index (χ0v) is 19.5. The molecule has 31 heavy (non-hydrogen) atoms. The van der Waals surface area contributed by atoms with E-state index < -0.39 is 0 Å². The molecule has 0 atom stereocenters. The van der Waals surface area contributed by atoms with Gasteiger partial charge in [-0.3, -0.25) is 4.79 Å². The van der Waals surface area contributed by atoms with Crippen LogP contribution in [0.3, 0.4) is 0 Å². The van der Waals surface area contributed by atoms with Crippen molar-refractivity contribution in [1.29, 1.82) is 0 Å². The van der Waals surface area contributed by atoms with Gasteiger partial charge in [-0.15, -0.1) is 0 Å². The molecular weight excluding hydrogens is 386 g/mol. The number of hydrogen-bond donors (Lipinski definition) is 0. The second-order valence-corrected chi connectivity index (χ2v) is 8.49. The average Bonchev–Trinajstić information content (AvgIpc) is 3.25. The van der Waals surface area contributed by atoms with Gasteiger partial charge in [0.2, 0.25) is 0 Å². The number of carbonyl (C=O) groups is 1. The van der Waals surface area contributed by atoms with Gasteiger partial charge >= 0.3 is 5.97 Å². The van der Waals surface area contributed by atoms with E-state index in [9.17, 15) is 4.79 Å². The average molecular weight is 422 g/mol. The van der Waals surface area contributed by atoms with Crippen LogP contribution in [0.1, 0.15) is 65.9 Å². The van der Waals surface area contributed by atoms with E-state index in [-0.39, 0.29) is 11.4 Å². The van der Waals surface area contributed by atoms with Gasteiger partial charge in [0.15, 0.2) is 12.2 Å². The van der Waals surface area contributed by atoms with Gasteiger partial charge in [0.25, 0.3) is 0 Å². The Morgan fingerprint density at radius 3 is 2.19 bits per heavy atom. The van der Waals surface area contributed by atoms with E-state index in [1.54, 1.807) is 0 Å². The molecule has 4 nitrogen and oxygen atoms in total. The van der Waals surface area contributed by atoms with E-state index in [2.05, 4.69) is 56.9 Å². The maximum atomic E-state index is 10.7. The minimum Gasteiger partial charge on any atom is -0.466 e. The fourth-order valence-corrected chi connectivity index (χ4v) is 3.13. The predicted octanol–water partition coefficient (Wildman–Crippen LogP) is 7.44. The van der Waals surface area contributed by atoms with E-state index in [1.807, 2.05) is 37.3 Å². The molecule has 0 saturated carbocycles. The van der Waals surface area contributed by atoms with Gasteiger partial charge in [-0.2, -0.15) is 0 Å². The normalized spacial score (nSPS) is 10.9. The number of esters is 1. The summed E-state index contributed by atoms with van der Waals surface area (Å²) in [6, 6.07) is 18.6. The first-order valence-corrected chi connectivity index (χ1v) is 11.1. The monoisotopic (exact) mass is 421 g/mol. The topological polar surface area (TPSA) is 52.3 Å². The number of benzene rings is 2. The first kappa shape index (κ1) is 24.4. The number of unbranched alkanes of at least 4 members (excludes halogenated alkanes) is 2. The molecule has 0 aliphatic rings. The molecule has 0 fully saturated rings. The lowest BCUT2D eigenvalue weighted by molar-refractivity contribution is -0.143. The van der Waals surface area contributed by atoms with Crippen molar-refractivity contribution in [3.63, 3.8) is 0 Å². The standard InChI is InChI=1S/C19H19NO.C8H16O2/c1-19(2,3)16-11-9-15(10-12-16)18-17(20-13-21-18)14-7-5-4-6-8-14;1-3-5-6-7-8(9)10-4-2/h4-13H,1-3H3;3-7H2,1-2H3. The van der Waals surface area contributed by atoms with Gasteiger partial charge in [-0.05, 0) is 24.3 Å². The van der Waals surface area contributed by atoms with Crippen LogP contribution in [0.25, 0.3) is 22.6 Å². The summed E-state index contributed by atoms with van der Waals surface area (Å²) in [6.45, 7) is 11.1. The molecular formula is C27H35NO3. The number of oxazole rings is 1. The van der Waals surface area contributed by atoms with E-state index in [4.69, 9.17) is 9.15 Å². The van der Waals surface area contributed by atoms with Crippen molar-refractivity contribution in [2.45, 2.75) is 65.7 Å². The van der Waals surface area contributed by atoms with Crippen LogP contribution in [0.2, 0.25) is 0 Å². The third kappa shape index (κ3) is 7.71. The Hall–Kier alpha value is -2.88. The summed E-state index contributed by atoms with van der Waals surface area (Å²) in [4.78, 5) is 15.1. The van der Waals surface area contributed by atoms with E-state index in [0.717, 1.165) is 41.8 Å². The van der Waals surface area contributed by atoms with Crippen molar-refractivity contribution in [1.82, 2.24) is 4.98 Å². The largest absolute Gasteiger partial charge is 0.466 e. The molecule has 1 heterocycles. The lowest BCUT2D eigenvalue weighted by Crippen LogP contribution is -2.10. The van der Waals surface area contributed by atoms with Gasteiger partial charge in [-0.25, -0.2) is 4.98 Å². The fraction of sp³-hybridized carbons (Fsp3) is 0.407. The third-order valence-electron chi connectivity index (χ3n) is 4.92. The van der Waals surface area contributed by atoms with Crippen molar-refractivity contribution in [2.24, 2.45) is 0 Å². The molecule has 0 N–H and O–H groups in total. The van der Waals surface area contributed by atoms with Crippen LogP contribution < -0.4 is 0 Å². The van der Waals surface area contributed by atoms with Crippen molar-refractivity contribution < 1.29 is 13.9 Å². The lowest BCUT2D eigenvalue weighted by Gasteiger charge is -2.18. The Morgan fingerprint density at radius 1 is 0.935 bits per heavy atom. The molecule has 0 saturated heterocycles. The molecule has 0 amide bonds. The highest BCUT2D eigenvalue weighted by atomic mass is 16.5. The third-order valence-corrected chi connectivity index (χ3v) is 4.92. The molecule has 166 valence electrons. The molecule has 0 radical (unpaired) electrons. The Balaban J connectivity index is 0.000000291. The molecule has 4 heteroatoms. The van der Waals surface area contributed by atoms with Crippen LogP contribution in [-0.2, 0) is 14.9 Å². The highest BCUT2D eigenvalue weighted by Crippen LogP contribution is 2.32. The Labute approximate surface area is 186 Å². The SMILES string of the molecule is CC(C)(C)c1ccc(-c2ocnc2-c2ccccc2)cc1.CCCCCC(=O)OCC. The smallest absolute Gasteiger partial charge is 0.305 e. The highest BCUT2D eigenvalue weighted by molar-refractivity contribution is 5.76. The fourth-order valence-electron chi connectivity index (χ4n) is 3.13. The quantitative estimate of drug-likeness (QED) is 0.294. The first-order valence-electron chi connectivity index (χ1n) is 11.1. The Bertz CT molecular complexity index is 906. The maximum Gasteiger partial charge on any atom is 0.305 e. The van der Waals surface area contributed by atoms with Crippen LogP contribution in [0, 0.1) is 0 Å². The van der Waals surface area contributed by atoms with Crippen molar-refractivity contribution >= 4 is 5.97 Å². The van der Waals surface area contributed by atoms with Crippen LogP contribution in [0.5, 0.6) is 0 Å². The number of aromatic nitrogens is 1. The van der Waals surface area contributed by atoms with Gasteiger partial charge in [0, 0.05) is 17.5 Å². The number of nitrogens with zero attached hydrogens (tertiary/aromatic N) is 1. The van der Waals surface area contributed by atoms with Gasteiger partial charge < -0.3 is 9.15 Å². The van der Waals surface area contributed by atoms with Gasteiger partial charge in [-0.1, -0.05) is 95.1 Å². The van der Waals surface area contributed by atoms with E-state index in [1.165, 1.54) is 12.0 Å². The summed E-state index contributed by atoms with van der Waals surface area (Å²) < 4.78 is 10.4. The summed E-state index contributed by atoms with van der Waals surface area (Å²) in [6.07, 6.45) is 5.34. The molecule has 0 aliphatic carbocycles. The zero-order valence-electron chi connectivity index (χ0n) is 19.5. The predicted molar refractivity (Wildman–Crippen MR) is 127 cm³/mol. The Kier molecular flexibility index (Phi) is 9.51. The summed E-state index contributed by atoms with van der Waals surface area (Å²) in [5.74, 6) is 0.762. The minimum absolute atomic E-state index is 0.0593. The van der Waals surface area contributed by atoms with Gasteiger partial charge in [0.1, 0.15) is 5.69 Å². The maximum absolute atomic E-state index is 10.7. The summed E-state index contributed by atoms with van der Waals surface area (Å²) in [7, 11) is 0. The Morgan fingerprint density at radius 2 is 1.61 bits per heavy atom. The van der Waals surface area contributed by atoms with Crippen molar-refractivity contribution in [3.8, 4) is 22.6 Å². The van der Waals surface area contributed by atoms with E-state index >= 15 is 0 Å². The molecule has 0 unspecified atom stereocenters. The number of rotatable bonds is 7. The molecule has 3 rings (SSSR count). The van der Waals surface area contributed by atoms with Crippen molar-refractivity contribution in [2.75, 3.05) is 6.61 Å². The van der Waals surface area contributed by atoms with E-state index in [0.29, 0.717) is 13.0 Å². The first-order chi connectivity index (χ1) is 14.9. The van der Waals surface area contributed by atoms with Crippen LogP contribution in [0.15, 0.2) is 65.4 Å². The van der Waals surface area contributed by atoms with Crippen molar-refractivity contribution in [3.05, 3.63) is 66.6 Å². The van der Waals surface area contributed by atoms with Crippen LogP contribution in [-0.4, -0.2) is 17.6 Å². The second-order valence-electron chi connectivity index (χ2n) is 8.49. The molecule has 0 aliphatic heterocycles. The summed E-state index contributed by atoms with van der Waals surface area (Å²) in [5, 5.41) is 0. The lowest BCUT2D eigenvalue weighted by atomic mass is 9.86. The van der Waals surface area contributed by atoms with Crippen LogP contribution in [0.4, 0.5) is 0 Å². The summed E-state index contributed by atoms with van der Waals surface area (Å²) >= 11 is 0.